The molecule has 1 saturated heterocycles. The van der Waals surface area contributed by atoms with E-state index in [1.165, 1.54) is 24.0 Å². The van der Waals surface area contributed by atoms with Crippen molar-refractivity contribution in [1.82, 2.24) is 15.5 Å². The Morgan fingerprint density at radius 3 is 2.45 bits per heavy atom. The quantitative estimate of drug-likeness (QED) is 0.289. The Hall–Kier alpha value is -2.20. The van der Waals surface area contributed by atoms with Gasteiger partial charge in [0.05, 0.1) is 13.2 Å². The SMILES string of the molecule is CN=C(NCCc1ccc2c(c1)OCCO2)NCC(c1ccc(OC)cc1)N1CCCC1.I. The topological polar surface area (TPSA) is 67.4 Å². The van der Waals surface area contributed by atoms with Crippen LogP contribution in [0.1, 0.15) is 30.0 Å². The van der Waals surface area contributed by atoms with Gasteiger partial charge in [-0.3, -0.25) is 9.89 Å². The van der Waals surface area contributed by atoms with Crippen LogP contribution >= 0.6 is 24.0 Å². The van der Waals surface area contributed by atoms with Gasteiger partial charge in [-0.15, -0.1) is 24.0 Å². The van der Waals surface area contributed by atoms with E-state index in [-0.39, 0.29) is 24.0 Å². The molecule has 1 atom stereocenters. The number of likely N-dealkylation sites (tertiary alicyclic amines) is 1. The van der Waals surface area contributed by atoms with Crippen molar-refractivity contribution in [2.45, 2.75) is 25.3 Å². The number of fused-ring (bicyclic) bond motifs is 1. The van der Waals surface area contributed by atoms with Crippen LogP contribution in [0, 0.1) is 0 Å². The smallest absolute Gasteiger partial charge is 0.191 e. The Morgan fingerprint density at radius 2 is 1.76 bits per heavy atom. The van der Waals surface area contributed by atoms with Gasteiger partial charge >= 0.3 is 0 Å². The summed E-state index contributed by atoms with van der Waals surface area (Å²) in [5, 5.41) is 6.97. The Morgan fingerprint density at radius 1 is 1.03 bits per heavy atom. The van der Waals surface area contributed by atoms with Crippen LogP contribution in [-0.4, -0.2) is 64.4 Å². The third kappa shape index (κ3) is 6.89. The molecule has 8 heteroatoms. The molecular formula is C25H35IN4O3. The van der Waals surface area contributed by atoms with Crippen molar-refractivity contribution in [1.29, 1.82) is 0 Å². The number of hydrogen-bond donors (Lipinski definition) is 2. The molecule has 2 N–H and O–H groups in total. The summed E-state index contributed by atoms with van der Waals surface area (Å²) < 4.78 is 16.6. The Kier molecular flexibility index (Phi) is 9.93. The summed E-state index contributed by atoms with van der Waals surface area (Å²) in [6.45, 7) is 5.08. The molecule has 33 heavy (non-hydrogen) atoms. The molecular weight excluding hydrogens is 531 g/mol. The highest BCUT2D eigenvalue weighted by Gasteiger charge is 2.23. The van der Waals surface area contributed by atoms with Crippen molar-refractivity contribution >= 4 is 29.9 Å². The van der Waals surface area contributed by atoms with E-state index in [2.05, 4.69) is 44.8 Å². The van der Waals surface area contributed by atoms with Crippen LogP contribution in [-0.2, 0) is 6.42 Å². The lowest BCUT2D eigenvalue weighted by atomic mass is 10.1. The van der Waals surface area contributed by atoms with Gasteiger partial charge in [-0.2, -0.15) is 0 Å². The Balaban J connectivity index is 0.00000306. The number of rotatable bonds is 8. The number of methoxy groups -OCH3 is 1. The van der Waals surface area contributed by atoms with Gasteiger partial charge in [0, 0.05) is 20.1 Å². The number of halogens is 1. The van der Waals surface area contributed by atoms with Crippen molar-refractivity contribution < 1.29 is 14.2 Å². The average Bonchev–Trinajstić information content (AvgIpc) is 3.38. The molecule has 0 radical (unpaired) electrons. The van der Waals surface area contributed by atoms with Crippen LogP contribution < -0.4 is 24.8 Å². The molecule has 0 amide bonds. The van der Waals surface area contributed by atoms with Gasteiger partial charge < -0.3 is 24.8 Å². The fourth-order valence-corrected chi connectivity index (χ4v) is 4.32. The van der Waals surface area contributed by atoms with Gasteiger partial charge in [0.25, 0.3) is 0 Å². The normalized spacial score (nSPS) is 16.6. The molecule has 2 aromatic rings. The van der Waals surface area contributed by atoms with Gasteiger partial charge in [0.2, 0.25) is 0 Å². The summed E-state index contributed by atoms with van der Waals surface area (Å²) in [5.74, 6) is 3.37. The third-order valence-electron chi connectivity index (χ3n) is 6.08. The standard InChI is InChI=1S/C25H34N4O3.HI/c1-26-25(27-12-11-19-5-10-23-24(17-19)32-16-15-31-23)28-18-22(29-13-3-4-14-29)20-6-8-21(30-2)9-7-20;/h5-10,17,22H,3-4,11-16,18H2,1-2H3,(H2,26,27,28);1H. The minimum absolute atomic E-state index is 0. The number of benzene rings is 2. The number of guanidine groups is 1. The van der Waals surface area contributed by atoms with Crippen molar-refractivity contribution in [2.75, 3.05) is 53.6 Å². The van der Waals surface area contributed by atoms with Crippen LogP contribution in [0.3, 0.4) is 0 Å². The number of nitrogens with zero attached hydrogens (tertiary/aromatic N) is 2. The molecule has 2 aromatic carbocycles. The molecule has 0 bridgehead atoms. The lowest BCUT2D eigenvalue weighted by Gasteiger charge is -2.29. The molecule has 0 spiro atoms. The van der Waals surface area contributed by atoms with Gasteiger partial charge in [0.15, 0.2) is 17.5 Å². The first-order valence-corrected chi connectivity index (χ1v) is 11.5. The number of nitrogens with one attached hydrogen (secondary N) is 2. The molecule has 0 saturated carbocycles. The fraction of sp³-hybridized carbons (Fsp3) is 0.480. The highest BCUT2D eigenvalue weighted by atomic mass is 127. The molecule has 1 fully saturated rings. The molecule has 2 aliphatic rings. The van der Waals surface area contributed by atoms with Crippen LogP contribution in [0.15, 0.2) is 47.5 Å². The molecule has 180 valence electrons. The van der Waals surface area contributed by atoms with Crippen molar-refractivity contribution in [3.8, 4) is 17.2 Å². The zero-order valence-corrected chi connectivity index (χ0v) is 21.8. The van der Waals surface area contributed by atoms with E-state index in [1.54, 1.807) is 7.11 Å². The van der Waals surface area contributed by atoms with E-state index in [4.69, 9.17) is 14.2 Å². The summed E-state index contributed by atoms with van der Waals surface area (Å²) in [5.41, 5.74) is 2.51. The van der Waals surface area contributed by atoms with E-state index in [9.17, 15) is 0 Å². The summed E-state index contributed by atoms with van der Waals surface area (Å²) in [7, 11) is 3.52. The van der Waals surface area contributed by atoms with Gasteiger partial charge in [0.1, 0.15) is 19.0 Å². The minimum Gasteiger partial charge on any atom is -0.497 e. The first-order valence-electron chi connectivity index (χ1n) is 11.5. The predicted molar refractivity (Wildman–Crippen MR) is 142 cm³/mol. The van der Waals surface area contributed by atoms with Crippen LogP contribution in [0.25, 0.3) is 0 Å². The number of hydrogen-bond acceptors (Lipinski definition) is 5. The summed E-state index contributed by atoms with van der Waals surface area (Å²) in [6.07, 6.45) is 3.40. The molecule has 2 aliphatic heterocycles. The van der Waals surface area contributed by atoms with E-state index in [0.29, 0.717) is 19.3 Å². The summed E-state index contributed by atoms with van der Waals surface area (Å²) >= 11 is 0. The zero-order chi connectivity index (χ0) is 22.2. The minimum atomic E-state index is 0. The predicted octanol–water partition coefficient (Wildman–Crippen LogP) is 3.63. The monoisotopic (exact) mass is 566 g/mol. The van der Waals surface area contributed by atoms with E-state index in [0.717, 1.165) is 55.8 Å². The van der Waals surface area contributed by atoms with E-state index >= 15 is 0 Å². The van der Waals surface area contributed by atoms with E-state index in [1.807, 2.05) is 25.2 Å². The van der Waals surface area contributed by atoms with Crippen LogP contribution in [0.2, 0.25) is 0 Å². The van der Waals surface area contributed by atoms with Crippen molar-refractivity contribution in [3.05, 3.63) is 53.6 Å². The molecule has 7 nitrogen and oxygen atoms in total. The maximum absolute atomic E-state index is 5.69. The second kappa shape index (κ2) is 12.9. The summed E-state index contributed by atoms with van der Waals surface area (Å²) in [4.78, 5) is 6.97. The Labute approximate surface area is 213 Å². The zero-order valence-electron chi connectivity index (χ0n) is 19.5. The molecule has 2 heterocycles. The lowest BCUT2D eigenvalue weighted by molar-refractivity contribution is 0.171. The molecule has 0 aromatic heterocycles. The fourth-order valence-electron chi connectivity index (χ4n) is 4.32. The second-order valence-corrected chi connectivity index (χ2v) is 8.14. The van der Waals surface area contributed by atoms with Crippen molar-refractivity contribution in [3.63, 3.8) is 0 Å². The second-order valence-electron chi connectivity index (χ2n) is 8.14. The average molecular weight is 566 g/mol. The molecule has 0 aliphatic carbocycles. The highest BCUT2D eigenvalue weighted by molar-refractivity contribution is 14.0. The van der Waals surface area contributed by atoms with E-state index < -0.39 is 0 Å². The molecule has 4 rings (SSSR count). The largest absolute Gasteiger partial charge is 0.497 e. The first-order chi connectivity index (χ1) is 15.8. The lowest BCUT2D eigenvalue weighted by Crippen LogP contribution is -2.43. The number of aliphatic imine (C=N–C) groups is 1. The summed E-state index contributed by atoms with van der Waals surface area (Å²) in [6, 6.07) is 14.9. The number of ether oxygens (including phenoxy) is 3. The van der Waals surface area contributed by atoms with Crippen LogP contribution in [0.5, 0.6) is 17.2 Å². The maximum atomic E-state index is 5.69. The first kappa shape index (κ1) is 25.4. The van der Waals surface area contributed by atoms with Crippen molar-refractivity contribution in [2.24, 2.45) is 4.99 Å². The highest BCUT2D eigenvalue weighted by Crippen LogP contribution is 2.31. The van der Waals surface area contributed by atoms with Gasteiger partial charge in [-0.05, 0) is 67.7 Å². The van der Waals surface area contributed by atoms with Gasteiger partial charge in [-0.1, -0.05) is 18.2 Å². The molecule has 1 unspecified atom stereocenters. The van der Waals surface area contributed by atoms with Crippen LogP contribution in [0.4, 0.5) is 0 Å². The third-order valence-corrected chi connectivity index (χ3v) is 6.08. The maximum Gasteiger partial charge on any atom is 0.191 e. The Bertz CT molecular complexity index is 901. The van der Waals surface area contributed by atoms with Gasteiger partial charge in [-0.25, -0.2) is 0 Å².